The van der Waals surface area contributed by atoms with E-state index in [1.54, 1.807) is 20.3 Å². The average Bonchev–Trinajstić information content (AvgIpc) is 2.79. The molecule has 3 aromatic rings. The van der Waals surface area contributed by atoms with Gasteiger partial charge in [0.15, 0.2) is 11.5 Å². The quantitative estimate of drug-likeness (QED) is 0.586. The summed E-state index contributed by atoms with van der Waals surface area (Å²) in [5, 5.41) is 14.9. The number of halogens is 1. The van der Waals surface area contributed by atoms with Crippen LogP contribution in [0.3, 0.4) is 0 Å². The smallest absolute Gasteiger partial charge is 0.162 e. The molecule has 3 aromatic carbocycles. The van der Waals surface area contributed by atoms with Crippen molar-refractivity contribution in [1.82, 2.24) is 5.32 Å². The van der Waals surface area contributed by atoms with Gasteiger partial charge in [-0.15, -0.1) is 0 Å². The number of para-hydroxylation sites is 1. The van der Waals surface area contributed by atoms with Crippen LogP contribution in [0.25, 0.3) is 0 Å². The zero-order chi connectivity index (χ0) is 21.1. The largest absolute Gasteiger partial charge is 0.504 e. The Labute approximate surface area is 180 Å². The molecule has 0 saturated heterocycles. The Morgan fingerprint density at radius 3 is 2.37 bits per heavy atom. The predicted molar refractivity (Wildman–Crippen MR) is 119 cm³/mol. The number of hydrogen-bond acceptors (Lipinski definition) is 5. The van der Waals surface area contributed by atoms with Gasteiger partial charge >= 0.3 is 0 Å². The number of rotatable bonds is 5. The van der Waals surface area contributed by atoms with Crippen LogP contribution in [0.15, 0.2) is 71.7 Å². The standard InChI is InChI=1S/C24H23ClN2O3/c1-29-18-12-8-15(9-13-18)20-14-21(19-4-3-5-22(30-2)23(19)28)27-24(26-20)16-6-10-17(25)11-7-16/h3-13,21,24,27-28H,14H2,1-2H3/t21-,24-/m0/s1. The minimum absolute atomic E-state index is 0.142. The first kappa shape index (κ1) is 20.3. The second-order valence-electron chi connectivity index (χ2n) is 7.08. The van der Waals surface area contributed by atoms with Gasteiger partial charge in [-0.3, -0.25) is 10.3 Å². The molecule has 0 aromatic heterocycles. The van der Waals surface area contributed by atoms with Gasteiger partial charge in [-0.1, -0.05) is 35.9 Å². The first-order valence-corrected chi connectivity index (χ1v) is 10.1. The lowest BCUT2D eigenvalue weighted by molar-refractivity contribution is 0.360. The molecule has 0 fully saturated rings. The molecule has 0 radical (unpaired) electrons. The van der Waals surface area contributed by atoms with Gasteiger partial charge < -0.3 is 14.6 Å². The molecule has 4 rings (SSSR count). The molecule has 2 N–H and O–H groups in total. The van der Waals surface area contributed by atoms with Crippen LogP contribution >= 0.6 is 11.6 Å². The highest BCUT2D eigenvalue weighted by Crippen LogP contribution is 2.38. The molecule has 0 aliphatic carbocycles. The van der Waals surface area contributed by atoms with Crippen LogP contribution in [0.5, 0.6) is 17.2 Å². The van der Waals surface area contributed by atoms with E-state index >= 15 is 0 Å². The zero-order valence-corrected chi connectivity index (χ0v) is 17.6. The van der Waals surface area contributed by atoms with Crippen molar-refractivity contribution in [2.24, 2.45) is 4.99 Å². The molecule has 0 amide bonds. The number of methoxy groups -OCH3 is 2. The Balaban J connectivity index is 1.75. The van der Waals surface area contributed by atoms with Crippen LogP contribution in [-0.2, 0) is 0 Å². The lowest BCUT2D eigenvalue weighted by Gasteiger charge is -2.31. The number of aliphatic imine (C=N–C) groups is 1. The zero-order valence-electron chi connectivity index (χ0n) is 16.8. The first-order chi connectivity index (χ1) is 14.6. The number of nitrogens with zero attached hydrogens (tertiary/aromatic N) is 1. The summed E-state index contributed by atoms with van der Waals surface area (Å²) in [6.07, 6.45) is 0.348. The van der Waals surface area contributed by atoms with Crippen molar-refractivity contribution in [2.45, 2.75) is 18.6 Å². The van der Waals surface area contributed by atoms with E-state index in [1.807, 2.05) is 60.7 Å². The number of phenols is 1. The maximum Gasteiger partial charge on any atom is 0.162 e. The Kier molecular flexibility index (Phi) is 5.93. The minimum Gasteiger partial charge on any atom is -0.504 e. The van der Waals surface area contributed by atoms with Crippen molar-refractivity contribution >= 4 is 17.3 Å². The van der Waals surface area contributed by atoms with Crippen LogP contribution in [0, 0.1) is 0 Å². The molecule has 2 atom stereocenters. The van der Waals surface area contributed by atoms with E-state index in [1.165, 1.54) is 0 Å². The molecule has 0 spiro atoms. The Morgan fingerprint density at radius 2 is 1.70 bits per heavy atom. The van der Waals surface area contributed by atoms with Gasteiger partial charge in [0.2, 0.25) is 0 Å². The molecule has 154 valence electrons. The van der Waals surface area contributed by atoms with Gasteiger partial charge in [0.1, 0.15) is 11.9 Å². The molecule has 1 aliphatic rings. The molecule has 0 saturated carbocycles. The third kappa shape index (κ3) is 4.13. The molecule has 5 nitrogen and oxygen atoms in total. The summed E-state index contributed by atoms with van der Waals surface area (Å²) >= 11 is 6.07. The Morgan fingerprint density at radius 1 is 0.967 bits per heavy atom. The van der Waals surface area contributed by atoms with Crippen LogP contribution < -0.4 is 14.8 Å². The lowest BCUT2D eigenvalue weighted by Crippen LogP contribution is -2.33. The summed E-state index contributed by atoms with van der Waals surface area (Å²) in [5.41, 5.74) is 3.74. The normalized spacial score (nSPS) is 18.6. The topological polar surface area (TPSA) is 63.1 Å². The fourth-order valence-electron chi connectivity index (χ4n) is 3.67. The van der Waals surface area contributed by atoms with Crippen molar-refractivity contribution in [3.8, 4) is 17.2 Å². The summed E-state index contributed by atoms with van der Waals surface area (Å²) < 4.78 is 10.6. The maximum atomic E-state index is 10.7. The number of ether oxygens (including phenoxy) is 2. The van der Waals surface area contributed by atoms with E-state index < -0.39 is 0 Å². The second kappa shape index (κ2) is 8.78. The molecule has 6 heteroatoms. The minimum atomic E-state index is -0.274. The monoisotopic (exact) mass is 422 g/mol. The van der Waals surface area contributed by atoms with Crippen LogP contribution in [0.2, 0.25) is 5.02 Å². The van der Waals surface area contributed by atoms with Crippen molar-refractivity contribution in [3.63, 3.8) is 0 Å². The van der Waals surface area contributed by atoms with Gasteiger partial charge in [-0.2, -0.15) is 0 Å². The summed E-state index contributed by atoms with van der Waals surface area (Å²) in [5.74, 6) is 1.39. The fourth-order valence-corrected chi connectivity index (χ4v) is 3.79. The SMILES string of the molecule is COc1ccc(C2=N[C@H](c3ccc(Cl)cc3)N[C@H](c3cccc(OC)c3O)C2)cc1. The number of hydrogen-bond donors (Lipinski definition) is 2. The van der Waals surface area contributed by atoms with Crippen LogP contribution in [0.1, 0.15) is 35.3 Å². The molecule has 0 bridgehead atoms. The van der Waals surface area contributed by atoms with Crippen molar-refractivity contribution in [1.29, 1.82) is 0 Å². The van der Waals surface area contributed by atoms with Crippen molar-refractivity contribution in [3.05, 3.63) is 88.4 Å². The third-order valence-corrected chi connectivity index (χ3v) is 5.53. The van der Waals surface area contributed by atoms with Crippen molar-refractivity contribution < 1.29 is 14.6 Å². The third-order valence-electron chi connectivity index (χ3n) is 5.28. The number of benzene rings is 3. The summed E-state index contributed by atoms with van der Waals surface area (Å²) in [6, 6.07) is 20.9. The van der Waals surface area contributed by atoms with Gasteiger partial charge in [0.05, 0.1) is 14.2 Å². The summed E-state index contributed by atoms with van der Waals surface area (Å²) in [6.45, 7) is 0. The fraction of sp³-hybridized carbons (Fsp3) is 0.208. The van der Waals surface area contributed by atoms with Crippen molar-refractivity contribution in [2.75, 3.05) is 14.2 Å². The molecule has 1 aliphatic heterocycles. The highest BCUT2D eigenvalue weighted by molar-refractivity contribution is 6.30. The number of aromatic hydroxyl groups is 1. The van der Waals surface area contributed by atoms with E-state index in [-0.39, 0.29) is 18.0 Å². The van der Waals surface area contributed by atoms with Gasteiger partial charge in [-0.25, -0.2) is 0 Å². The summed E-state index contributed by atoms with van der Waals surface area (Å²) in [7, 11) is 3.20. The van der Waals surface area contributed by atoms with Gasteiger partial charge in [-0.05, 0) is 53.6 Å². The lowest BCUT2D eigenvalue weighted by atomic mass is 9.93. The molecular weight excluding hydrogens is 400 g/mol. The highest BCUT2D eigenvalue weighted by Gasteiger charge is 2.28. The Hall–Kier alpha value is -3.02. The summed E-state index contributed by atoms with van der Waals surface area (Å²) in [4.78, 5) is 4.96. The Bertz CT molecular complexity index is 1050. The number of nitrogens with one attached hydrogen (secondary N) is 1. The van der Waals surface area contributed by atoms with Crippen LogP contribution in [-0.4, -0.2) is 25.0 Å². The van der Waals surface area contributed by atoms with Gasteiger partial charge in [0, 0.05) is 28.8 Å². The highest BCUT2D eigenvalue weighted by atomic mass is 35.5. The second-order valence-corrected chi connectivity index (χ2v) is 7.52. The van der Waals surface area contributed by atoms with Crippen LogP contribution in [0.4, 0.5) is 0 Å². The maximum absolute atomic E-state index is 10.7. The van der Waals surface area contributed by atoms with E-state index in [4.69, 9.17) is 26.1 Å². The molecule has 30 heavy (non-hydrogen) atoms. The average molecular weight is 423 g/mol. The van der Waals surface area contributed by atoms with E-state index in [2.05, 4.69) is 5.32 Å². The predicted octanol–water partition coefficient (Wildman–Crippen LogP) is 5.29. The molecule has 0 unspecified atom stereocenters. The van der Waals surface area contributed by atoms with E-state index in [9.17, 15) is 5.11 Å². The van der Waals surface area contributed by atoms with E-state index in [0.717, 1.165) is 28.2 Å². The van der Waals surface area contributed by atoms with E-state index in [0.29, 0.717) is 17.2 Å². The molecular formula is C24H23ClN2O3. The number of phenolic OH excluding ortho intramolecular Hbond substituents is 1. The van der Waals surface area contributed by atoms with Gasteiger partial charge in [0.25, 0.3) is 0 Å². The molecule has 1 heterocycles. The first-order valence-electron chi connectivity index (χ1n) is 9.67.